The van der Waals surface area contributed by atoms with Crippen LogP contribution in [0.2, 0.25) is 0 Å². The molecule has 2 heterocycles. The van der Waals surface area contributed by atoms with Crippen LogP contribution in [0.3, 0.4) is 0 Å². The second-order valence-electron chi connectivity index (χ2n) is 14.8. The molecule has 0 aromatic heterocycles. The fourth-order valence-corrected chi connectivity index (χ4v) is 9.76. The molecule has 2 aliphatic heterocycles. The third kappa shape index (κ3) is 5.67. The van der Waals surface area contributed by atoms with Gasteiger partial charge in [-0.3, -0.25) is 19.3 Å². The summed E-state index contributed by atoms with van der Waals surface area (Å²) < 4.78 is 12.9. The first-order valence-electron chi connectivity index (χ1n) is 18.1. The van der Waals surface area contributed by atoms with Gasteiger partial charge < -0.3 is 19.5 Å². The van der Waals surface area contributed by atoms with Crippen LogP contribution in [0.5, 0.6) is 11.5 Å². The highest BCUT2D eigenvalue weighted by Crippen LogP contribution is 2.64. The van der Waals surface area contributed by atoms with Gasteiger partial charge in [-0.1, -0.05) is 66.7 Å². The maximum absolute atomic E-state index is 14.3. The summed E-state index contributed by atoms with van der Waals surface area (Å²) in [6.45, 7) is 1.83. The van der Waals surface area contributed by atoms with Crippen molar-refractivity contribution in [1.82, 2.24) is 9.80 Å². The summed E-state index contributed by atoms with van der Waals surface area (Å²) in [6, 6.07) is 22.8. The van der Waals surface area contributed by atoms with Crippen molar-refractivity contribution in [2.45, 2.75) is 87.5 Å². The number of Topliss-reactive ketones (excluding diaryl/α,β-unsaturated/α-hetero) is 2. The number of benzene rings is 3. The number of amides is 1. The average molecular weight is 663 g/mol. The highest BCUT2D eigenvalue weighted by molar-refractivity contribution is 5.99. The van der Waals surface area contributed by atoms with E-state index in [4.69, 9.17) is 9.47 Å². The summed E-state index contributed by atoms with van der Waals surface area (Å²) in [5, 5.41) is 10.2. The fraction of sp³-hybridized carbons (Fsp3) is 0.488. The zero-order valence-corrected chi connectivity index (χ0v) is 28.3. The quantitative estimate of drug-likeness (QED) is 0.187. The second-order valence-corrected chi connectivity index (χ2v) is 14.8. The molecule has 3 aliphatic carbocycles. The topological polar surface area (TPSA) is 96.4 Å². The maximum Gasteiger partial charge on any atom is 0.223 e. The van der Waals surface area contributed by atoms with Gasteiger partial charge in [0.15, 0.2) is 23.1 Å². The van der Waals surface area contributed by atoms with Crippen LogP contribution in [-0.4, -0.2) is 83.4 Å². The van der Waals surface area contributed by atoms with Crippen molar-refractivity contribution in [1.29, 1.82) is 0 Å². The largest absolute Gasteiger partial charge is 0.493 e. The number of carbonyl (C=O) groups excluding carboxylic acids is 3. The van der Waals surface area contributed by atoms with Crippen LogP contribution >= 0.6 is 0 Å². The Hall–Kier alpha value is -4.01. The number of carbonyl (C=O) groups is 3. The molecular weight excluding hydrogens is 616 g/mol. The number of hydrogen-bond acceptors (Lipinski definition) is 7. The number of unbranched alkanes of at least 4 members (excludes halogenated alkanes) is 1. The van der Waals surface area contributed by atoms with E-state index in [1.807, 2.05) is 71.6 Å². The van der Waals surface area contributed by atoms with Gasteiger partial charge >= 0.3 is 0 Å². The zero-order valence-electron chi connectivity index (χ0n) is 28.3. The van der Waals surface area contributed by atoms with E-state index in [0.717, 1.165) is 56.7 Å². The van der Waals surface area contributed by atoms with E-state index in [1.165, 1.54) is 11.1 Å². The third-order valence-electron chi connectivity index (χ3n) is 12.2. The molecule has 7 atom stereocenters. The molecule has 2 unspecified atom stereocenters. The highest BCUT2D eigenvalue weighted by Gasteiger charge is 2.67. The zero-order chi connectivity index (χ0) is 33.7. The minimum atomic E-state index is -0.292. The van der Waals surface area contributed by atoms with Crippen molar-refractivity contribution in [3.05, 3.63) is 95.1 Å². The number of hydrogen-bond donors (Lipinski definition) is 1. The number of nitrogens with zero attached hydrogens (tertiary/aromatic N) is 2. The molecule has 2 bridgehead atoms. The van der Waals surface area contributed by atoms with Crippen molar-refractivity contribution in [3.8, 4) is 11.5 Å². The number of aliphatic hydroxyl groups excluding tert-OH is 1. The van der Waals surface area contributed by atoms with Crippen LogP contribution < -0.4 is 9.47 Å². The maximum atomic E-state index is 14.3. The SMILES string of the molecule is COc1ccc2c3c1O[C@H]1[C@@H](N(CC(=O)c4ccccc4)C(=O)CCCCC(=O)c4ccccc4)CC[C@H]4[C@@H](C2)N(CC2CC2O)CC[C@@]341. The monoisotopic (exact) mass is 662 g/mol. The Morgan fingerprint density at radius 2 is 1.63 bits per heavy atom. The van der Waals surface area contributed by atoms with Crippen LogP contribution in [0.1, 0.15) is 83.2 Å². The van der Waals surface area contributed by atoms with Crippen LogP contribution in [0.25, 0.3) is 0 Å². The van der Waals surface area contributed by atoms with E-state index in [0.29, 0.717) is 48.3 Å². The van der Waals surface area contributed by atoms with Crippen molar-refractivity contribution in [2.75, 3.05) is 26.7 Å². The first-order valence-corrected chi connectivity index (χ1v) is 18.1. The molecule has 8 nitrogen and oxygen atoms in total. The Morgan fingerprint density at radius 3 is 2.33 bits per heavy atom. The Labute approximate surface area is 288 Å². The van der Waals surface area contributed by atoms with E-state index in [9.17, 15) is 19.5 Å². The number of aliphatic hydroxyl groups is 1. The van der Waals surface area contributed by atoms with Crippen molar-refractivity contribution >= 4 is 17.5 Å². The Kier molecular flexibility index (Phi) is 8.57. The lowest BCUT2D eigenvalue weighted by Crippen LogP contribution is -2.69. The summed E-state index contributed by atoms with van der Waals surface area (Å²) in [6.07, 6.45) is 5.78. The van der Waals surface area contributed by atoms with Crippen molar-refractivity contribution in [3.63, 3.8) is 0 Å². The highest BCUT2D eigenvalue weighted by atomic mass is 16.5. The van der Waals surface area contributed by atoms with Crippen LogP contribution in [-0.2, 0) is 16.6 Å². The molecule has 1 saturated heterocycles. The van der Waals surface area contributed by atoms with Gasteiger partial charge in [0.05, 0.1) is 25.8 Å². The van der Waals surface area contributed by atoms with Crippen LogP contribution in [0.4, 0.5) is 0 Å². The molecule has 3 fully saturated rings. The van der Waals surface area contributed by atoms with Gasteiger partial charge in [-0.05, 0) is 69.0 Å². The Morgan fingerprint density at radius 1 is 0.939 bits per heavy atom. The number of rotatable bonds is 13. The number of likely N-dealkylation sites (tertiary alicyclic amines) is 1. The first-order chi connectivity index (χ1) is 23.9. The van der Waals surface area contributed by atoms with Gasteiger partial charge in [-0.15, -0.1) is 0 Å². The number of methoxy groups -OCH3 is 1. The molecule has 1 amide bonds. The van der Waals surface area contributed by atoms with E-state index in [1.54, 1.807) is 7.11 Å². The van der Waals surface area contributed by atoms with E-state index in [2.05, 4.69) is 11.0 Å². The normalized spacial score (nSPS) is 29.0. The van der Waals surface area contributed by atoms with Gasteiger partial charge in [0.2, 0.25) is 5.91 Å². The van der Waals surface area contributed by atoms with E-state index < -0.39 is 0 Å². The lowest BCUT2D eigenvalue weighted by Gasteiger charge is -2.60. The van der Waals surface area contributed by atoms with Crippen molar-refractivity contribution in [2.24, 2.45) is 11.8 Å². The average Bonchev–Trinajstić information content (AvgIpc) is 3.72. The molecule has 3 aromatic carbocycles. The first kappa shape index (κ1) is 32.2. The molecule has 1 spiro atoms. The number of ketones is 2. The number of piperidine rings is 1. The van der Waals surface area contributed by atoms with E-state index >= 15 is 0 Å². The van der Waals surface area contributed by atoms with Gasteiger partial charge in [-0.2, -0.15) is 0 Å². The number of ether oxygens (including phenoxy) is 2. The summed E-state index contributed by atoms with van der Waals surface area (Å²) >= 11 is 0. The molecule has 49 heavy (non-hydrogen) atoms. The summed E-state index contributed by atoms with van der Waals surface area (Å²) in [5.74, 6) is 2.18. The van der Waals surface area contributed by atoms with Gasteiger partial charge in [-0.25, -0.2) is 0 Å². The van der Waals surface area contributed by atoms with Crippen molar-refractivity contribution < 1.29 is 29.0 Å². The molecule has 2 saturated carbocycles. The molecule has 5 aliphatic rings. The molecule has 8 heteroatoms. The lowest BCUT2D eigenvalue weighted by atomic mass is 9.51. The Balaban J connectivity index is 1.08. The molecule has 3 aromatic rings. The fourth-order valence-electron chi connectivity index (χ4n) is 9.76. The van der Waals surface area contributed by atoms with Gasteiger partial charge in [0.25, 0.3) is 0 Å². The summed E-state index contributed by atoms with van der Waals surface area (Å²) in [7, 11) is 1.68. The predicted octanol–water partition coefficient (Wildman–Crippen LogP) is 5.64. The third-order valence-corrected chi connectivity index (χ3v) is 12.2. The molecule has 1 N–H and O–H groups in total. The summed E-state index contributed by atoms with van der Waals surface area (Å²) in [5.41, 5.74) is 3.56. The van der Waals surface area contributed by atoms with Gasteiger partial charge in [0, 0.05) is 53.5 Å². The Bertz CT molecular complexity index is 1730. The molecule has 256 valence electrons. The molecule has 0 radical (unpaired) electrons. The van der Waals surface area contributed by atoms with Crippen LogP contribution in [0, 0.1) is 11.8 Å². The van der Waals surface area contributed by atoms with Gasteiger partial charge in [0.1, 0.15) is 6.10 Å². The lowest BCUT2D eigenvalue weighted by molar-refractivity contribution is -0.142. The standard InChI is InChI=1S/C41H46N2O6/c1-48-36-19-16-28-22-32-30-17-18-31(40-41(30,38(28)39(36)49-40)20-21-42(32)24-29-23-34(29)45)43(25-35(46)27-12-6-3-7-13-27)37(47)15-9-8-14-33(44)26-10-4-2-5-11-26/h2-7,10-13,16,19,29-32,34,40,45H,8-9,14-15,17-18,20-25H2,1H3/t29?,30-,31-,32+,34?,40-,41-/m0/s1. The van der Waals surface area contributed by atoms with E-state index in [-0.39, 0.29) is 54.1 Å². The minimum Gasteiger partial charge on any atom is -0.493 e. The minimum absolute atomic E-state index is 0.00742. The molecule has 8 rings (SSSR count). The summed E-state index contributed by atoms with van der Waals surface area (Å²) in [4.78, 5) is 45.3. The molecular formula is C41H46N2O6. The van der Waals surface area contributed by atoms with Crippen LogP contribution in [0.15, 0.2) is 72.8 Å². The second kappa shape index (κ2) is 13.0. The smallest absolute Gasteiger partial charge is 0.223 e. The predicted molar refractivity (Wildman–Crippen MR) is 185 cm³/mol.